The van der Waals surface area contributed by atoms with Crippen LogP contribution in [0.5, 0.6) is 0 Å². The van der Waals surface area contributed by atoms with Crippen LogP contribution in [0, 0.1) is 17.2 Å². The molecule has 1 aliphatic heterocycles. The Bertz CT molecular complexity index is 265. The van der Waals surface area contributed by atoms with Gasteiger partial charge in [-0.3, -0.25) is 4.90 Å². The van der Waals surface area contributed by atoms with E-state index in [1.165, 1.54) is 45.2 Å². The number of hydrogen-bond donors (Lipinski definition) is 1. The van der Waals surface area contributed by atoms with E-state index in [4.69, 9.17) is 5.26 Å². The first-order valence-corrected chi connectivity index (χ1v) is 7.18. The molecular formula is C14H25N3. The number of rotatable bonds is 4. The fourth-order valence-corrected chi connectivity index (χ4v) is 3.16. The molecule has 0 aromatic rings. The molecule has 1 saturated carbocycles. The van der Waals surface area contributed by atoms with E-state index in [2.05, 4.69) is 23.2 Å². The monoisotopic (exact) mass is 235 g/mol. The molecule has 2 rings (SSSR count). The molecule has 1 heterocycles. The highest BCUT2D eigenvalue weighted by Crippen LogP contribution is 2.23. The van der Waals surface area contributed by atoms with Gasteiger partial charge in [-0.2, -0.15) is 5.26 Å². The van der Waals surface area contributed by atoms with Gasteiger partial charge in [0, 0.05) is 18.6 Å². The Morgan fingerprint density at radius 3 is 2.65 bits per heavy atom. The third-order valence-electron chi connectivity index (χ3n) is 4.37. The molecule has 0 aromatic heterocycles. The molecule has 1 aliphatic carbocycles. The van der Waals surface area contributed by atoms with Gasteiger partial charge in [-0.1, -0.05) is 12.8 Å². The third-order valence-corrected chi connectivity index (χ3v) is 4.37. The first-order chi connectivity index (χ1) is 8.31. The number of nitriles is 1. The summed E-state index contributed by atoms with van der Waals surface area (Å²) in [4.78, 5) is 2.57. The van der Waals surface area contributed by atoms with Gasteiger partial charge in [0.25, 0.3) is 0 Å². The van der Waals surface area contributed by atoms with Gasteiger partial charge < -0.3 is 5.32 Å². The molecule has 0 spiro atoms. The molecule has 3 nitrogen and oxygen atoms in total. The van der Waals surface area contributed by atoms with Gasteiger partial charge in [-0.05, 0) is 45.7 Å². The first-order valence-electron chi connectivity index (χ1n) is 7.18. The van der Waals surface area contributed by atoms with E-state index in [1.807, 2.05) is 0 Å². The molecule has 3 unspecified atom stereocenters. The standard InChI is InChI=1S/C14H25N3/c1-12(17-8-4-5-9-17)11-16-14-7-3-2-6-13(14)10-15/h12-14,16H,2-9,11H2,1H3. The zero-order chi connectivity index (χ0) is 12.1. The van der Waals surface area contributed by atoms with Crippen LogP contribution in [-0.2, 0) is 0 Å². The van der Waals surface area contributed by atoms with Crippen LogP contribution in [0.15, 0.2) is 0 Å². The van der Waals surface area contributed by atoms with Crippen LogP contribution in [0.1, 0.15) is 45.4 Å². The average Bonchev–Trinajstić information content (AvgIpc) is 2.90. The van der Waals surface area contributed by atoms with Crippen molar-refractivity contribution in [2.45, 2.75) is 57.5 Å². The summed E-state index contributed by atoms with van der Waals surface area (Å²) in [7, 11) is 0. The fourth-order valence-electron chi connectivity index (χ4n) is 3.16. The summed E-state index contributed by atoms with van der Waals surface area (Å²) in [5, 5.41) is 12.8. The maximum absolute atomic E-state index is 9.14. The average molecular weight is 235 g/mol. The minimum absolute atomic E-state index is 0.245. The van der Waals surface area contributed by atoms with Gasteiger partial charge in [-0.15, -0.1) is 0 Å². The smallest absolute Gasteiger partial charge is 0.0672 e. The summed E-state index contributed by atoms with van der Waals surface area (Å²) < 4.78 is 0. The number of hydrogen-bond acceptors (Lipinski definition) is 3. The van der Waals surface area contributed by atoms with Crippen molar-refractivity contribution in [3.05, 3.63) is 0 Å². The van der Waals surface area contributed by atoms with Crippen molar-refractivity contribution in [1.29, 1.82) is 5.26 Å². The second-order valence-corrected chi connectivity index (χ2v) is 5.63. The van der Waals surface area contributed by atoms with E-state index < -0.39 is 0 Å². The van der Waals surface area contributed by atoms with Crippen LogP contribution in [0.4, 0.5) is 0 Å². The Morgan fingerprint density at radius 2 is 1.94 bits per heavy atom. The van der Waals surface area contributed by atoms with Gasteiger partial charge >= 0.3 is 0 Å². The summed E-state index contributed by atoms with van der Waals surface area (Å²) in [6.07, 6.45) is 7.51. The van der Waals surface area contributed by atoms with Crippen LogP contribution in [0.2, 0.25) is 0 Å². The normalized spacial score (nSPS) is 32.2. The quantitative estimate of drug-likeness (QED) is 0.811. The van der Waals surface area contributed by atoms with Crippen molar-refractivity contribution in [3.63, 3.8) is 0 Å². The molecule has 2 aliphatic rings. The highest BCUT2D eigenvalue weighted by molar-refractivity contribution is 4.95. The molecule has 0 aromatic carbocycles. The highest BCUT2D eigenvalue weighted by Gasteiger charge is 2.25. The van der Waals surface area contributed by atoms with E-state index in [9.17, 15) is 0 Å². The van der Waals surface area contributed by atoms with Crippen LogP contribution in [0.3, 0.4) is 0 Å². The summed E-state index contributed by atoms with van der Waals surface area (Å²) in [6, 6.07) is 3.54. The summed E-state index contributed by atoms with van der Waals surface area (Å²) in [5.41, 5.74) is 0. The number of nitrogens with one attached hydrogen (secondary N) is 1. The van der Waals surface area contributed by atoms with Crippen molar-refractivity contribution < 1.29 is 0 Å². The molecule has 96 valence electrons. The Hall–Kier alpha value is -0.590. The van der Waals surface area contributed by atoms with E-state index >= 15 is 0 Å². The second-order valence-electron chi connectivity index (χ2n) is 5.63. The Kier molecular flexibility index (Phi) is 4.82. The zero-order valence-electron chi connectivity index (χ0n) is 11.0. The molecule has 3 heteroatoms. The van der Waals surface area contributed by atoms with E-state index in [0.717, 1.165) is 13.0 Å². The Balaban J connectivity index is 1.74. The van der Waals surface area contributed by atoms with Crippen molar-refractivity contribution in [2.75, 3.05) is 19.6 Å². The zero-order valence-corrected chi connectivity index (χ0v) is 11.0. The molecule has 17 heavy (non-hydrogen) atoms. The molecular weight excluding hydrogens is 210 g/mol. The molecule has 0 bridgehead atoms. The Morgan fingerprint density at radius 1 is 1.24 bits per heavy atom. The van der Waals surface area contributed by atoms with Gasteiger partial charge in [0.2, 0.25) is 0 Å². The van der Waals surface area contributed by atoms with Gasteiger partial charge in [0.15, 0.2) is 0 Å². The van der Waals surface area contributed by atoms with Crippen molar-refractivity contribution >= 4 is 0 Å². The second kappa shape index (κ2) is 6.37. The molecule has 3 atom stereocenters. The number of likely N-dealkylation sites (tertiary alicyclic amines) is 1. The minimum Gasteiger partial charge on any atom is -0.311 e. The lowest BCUT2D eigenvalue weighted by atomic mass is 9.85. The van der Waals surface area contributed by atoms with E-state index in [0.29, 0.717) is 12.1 Å². The molecule has 0 radical (unpaired) electrons. The SMILES string of the molecule is CC(CNC1CCCCC1C#N)N1CCCC1. The maximum atomic E-state index is 9.14. The van der Waals surface area contributed by atoms with Gasteiger partial charge in [0.1, 0.15) is 0 Å². The lowest BCUT2D eigenvalue weighted by Crippen LogP contribution is -2.45. The Labute approximate surface area is 105 Å². The predicted molar refractivity (Wildman–Crippen MR) is 69.6 cm³/mol. The van der Waals surface area contributed by atoms with Crippen LogP contribution < -0.4 is 5.32 Å². The van der Waals surface area contributed by atoms with Crippen LogP contribution >= 0.6 is 0 Å². The van der Waals surface area contributed by atoms with E-state index in [1.54, 1.807) is 0 Å². The van der Waals surface area contributed by atoms with Gasteiger partial charge in [-0.25, -0.2) is 0 Å². The number of nitrogens with zero attached hydrogens (tertiary/aromatic N) is 2. The summed E-state index contributed by atoms with van der Waals surface area (Å²) >= 11 is 0. The summed E-state index contributed by atoms with van der Waals surface area (Å²) in [5.74, 6) is 0.245. The van der Waals surface area contributed by atoms with Crippen molar-refractivity contribution in [1.82, 2.24) is 10.2 Å². The fraction of sp³-hybridized carbons (Fsp3) is 0.929. The van der Waals surface area contributed by atoms with Crippen LogP contribution in [-0.4, -0.2) is 36.6 Å². The van der Waals surface area contributed by atoms with Crippen molar-refractivity contribution in [2.24, 2.45) is 5.92 Å². The van der Waals surface area contributed by atoms with E-state index in [-0.39, 0.29) is 5.92 Å². The highest BCUT2D eigenvalue weighted by atomic mass is 15.2. The van der Waals surface area contributed by atoms with Crippen molar-refractivity contribution in [3.8, 4) is 6.07 Å². The third kappa shape index (κ3) is 3.43. The summed E-state index contributed by atoms with van der Waals surface area (Å²) in [6.45, 7) is 5.87. The topological polar surface area (TPSA) is 39.1 Å². The molecule has 1 N–H and O–H groups in total. The largest absolute Gasteiger partial charge is 0.311 e. The van der Waals surface area contributed by atoms with Gasteiger partial charge in [0.05, 0.1) is 12.0 Å². The molecule has 0 amide bonds. The lowest BCUT2D eigenvalue weighted by Gasteiger charge is -2.31. The van der Waals surface area contributed by atoms with Crippen LogP contribution in [0.25, 0.3) is 0 Å². The molecule has 2 fully saturated rings. The maximum Gasteiger partial charge on any atom is 0.0672 e. The minimum atomic E-state index is 0.245. The first kappa shape index (κ1) is 12.9. The lowest BCUT2D eigenvalue weighted by molar-refractivity contribution is 0.227. The molecule has 1 saturated heterocycles. The predicted octanol–water partition coefficient (Wildman–Crippen LogP) is 2.14.